The highest BCUT2D eigenvalue weighted by atomic mass is 19.1. The van der Waals surface area contributed by atoms with Crippen LogP contribution in [0.4, 0.5) is 9.18 Å². The van der Waals surface area contributed by atoms with Gasteiger partial charge in [0, 0.05) is 51.9 Å². The summed E-state index contributed by atoms with van der Waals surface area (Å²) < 4.78 is 18.6. The van der Waals surface area contributed by atoms with Gasteiger partial charge in [-0.25, -0.2) is 9.18 Å². The van der Waals surface area contributed by atoms with Crippen LogP contribution >= 0.6 is 0 Å². The number of amides is 2. The average Bonchev–Trinajstić information content (AvgIpc) is 2.83. The average molecular weight is 476 g/mol. The molecule has 34 heavy (non-hydrogen) atoms. The van der Waals surface area contributed by atoms with E-state index in [9.17, 15) is 9.18 Å². The third-order valence-corrected chi connectivity index (χ3v) is 7.63. The number of likely N-dealkylation sites (N-methyl/N-ethyl adjacent to an activating group) is 1. The summed E-state index contributed by atoms with van der Waals surface area (Å²) in [6.45, 7) is 10.2. The van der Waals surface area contributed by atoms with Crippen molar-refractivity contribution in [3.63, 3.8) is 0 Å². The number of carbonyl (C=O) groups excluding carboxylic acids is 1. The van der Waals surface area contributed by atoms with Gasteiger partial charge in [0.1, 0.15) is 5.82 Å². The Kier molecular flexibility index (Phi) is 9.56. The number of nitrogens with one attached hydrogen (secondary N) is 2. The monoisotopic (exact) mass is 475 g/mol. The zero-order chi connectivity index (χ0) is 23.8. The van der Waals surface area contributed by atoms with Crippen molar-refractivity contribution in [1.82, 2.24) is 25.3 Å². The summed E-state index contributed by atoms with van der Waals surface area (Å²) in [6.07, 6.45) is 4.55. The van der Waals surface area contributed by atoms with Gasteiger partial charge in [-0.1, -0.05) is 12.1 Å². The van der Waals surface area contributed by atoms with E-state index in [0.29, 0.717) is 18.4 Å². The summed E-state index contributed by atoms with van der Waals surface area (Å²) in [7, 11) is 2.14. The van der Waals surface area contributed by atoms with Gasteiger partial charge in [-0.2, -0.15) is 0 Å². The van der Waals surface area contributed by atoms with Crippen molar-refractivity contribution in [3.05, 3.63) is 35.6 Å². The predicted octanol–water partition coefficient (Wildman–Crippen LogP) is 2.03. The molecule has 3 aliphatic rings. The van der Waals surface area contributed by atoms with Crippen molar-refractivity contribution < 1.29 is 13.9 Å². The van der Waals surface area contributed by atoms with Crippen LogP contribution in [0.25, 0.3) is 0 Å². The molecule has 0 aromatic heterocycles. The summed E-state index contributed by atoms with van der Waals surface area (Å²) in [5, 5.41) is 6.35. The highest BCUT2D eigenvalue weighted by Crippen LogP contribution is 2.25. The van der Waals surface area contributed by atoms with E-state index in [1.165, 1.54) is 18.4 Å². The van der Waals surface area contributed by atoms with Gasteiger partial charge in [-0.15, -0.1) is 0 Å². The molecule has 4 rings (SSSR count). The van der Waals surface area contributed by atoms with E-state index in [2.05, 4.69) is 32.4 Å². The van der Waals surface area contributed by atoms with Crippen molar-refractivity contribution in [2.24, 2.45) is 11.8 Å². The molecule has 3 fully saturated rings. The Bertz CT molecular complexity index is 758. The normalized spacial score (nSPS) is 27.4. The van der Waals surface area contributed by atoms with E-state index in [4.69, 9.17) is 4.74 Å². The van der Waals surface area contributed by atoms with Gasteiger partial charge < -0.3 is 25.2 Å². The van der Waals surface area contributed by atoms with E-state index in [-0.39, 0.29) is 17.9 Å². The summed E-state index contributed by atoms with van der Waals surface area (Å²) in [6, 6.07) is 7.09. The lowest BCUT2D eigenvalue weighted by atomic mass is 9.88. The third kappa shape index (κ3) is 7.90. The number of carbonyl (C=O) groups is 1. The third-order valence-electron chi connectivity index (χ3n) is 7.63. The van der Waals surface area contributed by atoms with Crippen LogP contribution in [0.15, 0.2) is 24.3 Å². The smallest absolute Gasteiger partial charge is 0.315 e. The largest absolute Gasteiger partial charge is 0.379 e. The van der Waals surface area contributed by atoms with Gasteiger partial charge >= 0.3 is 6.03 Å². The highest BCUT2D eigenvalue weighted by molar-refractivity contribution is 5.74. The number of morpholine rings is 1. The maximum absolute atomic E-state index is 13.2. The zero-order valence-electron chi connectivity index (χ0n) is 20.7. The van der Waals surface area contributed by atoms with Crippen LogP contribution in [0.2, 0.25) is 0 Å². The molecule has 2 N–H and O–H groups in total. The number of rotatable bonds is 8. The van der Waals surface area contributed by atoms with E-state index in [1.807, 2.05) is 12.1 Å². The number of urea groups is 1. The van der Waals surface area contributed by atoms with Crippen LogP contribution in [0, 0.1) is 17.7 Å². The molecular weight excluding hydrogens is 433 g/mol. The Hall–Kier alpha value is -1.74. The fourth-order valence-electron chi connectivity index (χ4n) is 5.69. The van der Waals surface area contributed by atoms with Crippen LogP contribution < -0.4 is 10.6 Å². The fraction of sp³-hybridized carbons (Fsp3) is 0.731. The summed E-state index contributed by atoms with van der Waals surface area (Å²) >= 11 is 0. The Morgan fingerprint density at radius 2 is 1.85 bits per heavy atom. The van der Waals surface area contributed by atoms with Crippen molar-refractivity contribution in [1.29, 1.82) is 0 Å². The molecule has 2 amide bonds. The first-order chi connectivity index (χ1) is 16.5. The van der Waals surface area contributed by atoms with Crippen LogP contribution in [-0.2, 0) is 11.2 Å². The molecule has 7 nitrogen and oxygen atoms in total. The van der Waals surface area contributed by atoms with Gasteiger partial charge in [0.15, 0.2) is 0 Å². The molecule has 0 unspecified atom stereocenters. The molecule has 0 spiro atoms. The van der Waals surface area contributed by atoms with Crippen LogP contribution in [0.1, 0.15) is 24.8 Å². The first kappa shape index (κ1) is 25.4. The number of benzene rings is 1. The number of hydrogen-bond acceptors (Lipinski definition) is 5. The van der Waals surface area contributed by atoms with Crippen LogP contribution in [-0.4, -0.2) is 106 Å². The number of nitrogens with zero attached hydrogens (tertiary/aromatic N) is 3. The minimum Gasteiger partial charge on any atom is -0.379 e. The van der Waals surface area contributed by atoms with Gasteiger partial charge in [-0.05, 0) is 75.4 Å². The fourth-order valence-corrected chi connectivity index (χ4v) is 5.69. The Morgan fingerprint density at radius 1 is 1.06 bits per heavy atom. The topological polar surface area (TPSA) is 60.1 Å². The standard InChI is InChI=1S/C26H42FN5O2/c1-30-11-8-23(25(20-30)29-26(33)28-9-12-31-13-15-34-16-14-31)19-32-10-2-3-22(18-32)17-21-4-6-24(27)7-5-21/h4-7,22-23,25H,2-3,8-20H2,1H3,(H2,28,29,33)/t22-,23-,25-/m0/s1. The first-order valence-electron chi connectivity index (χ1n) is 13.0. The summed E-state index contributed by atoms with van der Waals surface area (Å²) in [4.78, 5) is 19.9. The maximum Gasteiger partial charge on any atom is 0.315 e. The number of ether oxygens (including phenoxy) is 1. The highest BCUT2D eigenvalue weighted by Gasteiger charge is 2.32. The zero-order valence-corrected chi connectivity index (χ0v) is 20.7. The molecule has 1 aromatic rings. The van der Waals surface area contributed by atoms with Crippen molar-refractivity contribution in [3.8, 4) is 0 Å². The Balaban J connectivity index is 1.23. The lowest BCUT2D eigenvalue weighted by Crippen LogP contribution is -2.57. The van der Waals surface area contributed by atoms with Crippen molar-refractivity contribution in [2.75, 3.05) is 79.2 Å². The molecular formula is C26H42FN5O2. The van der Waals surface area contributed by atoms with Crippen molar-refractivity contribution >= 4 is 6.03 Å². The molecule has 3 saturated heterocycles. The van der Waals surface area contributed by atoms with E-state index in [0.717, 1.165) is 78.4 Å². The predicted molar refractivity (Wildman–Crippen MR) is 132 cm³/mol. The maximum atomic E-state index is 13.2. The minimum atomic E-state index is -0.167. The van der Waals surface area contributed by atoms with Gasteiger partial charge in [0.2, 0.25) is 0 Å². The molecule has 8 heteroatoms. The number of piperidine rings is 2. The molecule has 1 aromatic carbocycles. The van der Waals surface area contributed by atoms with Gasteiger partial charge in [-0.3, -0.25) is 4.90 Å². The SMILES string of the molecule is CN1CC[C@@H](CN2CCC[C@@H](Cc3ccc(F)cc3)C2)[C@@H](NC(=O)NCCN2CCOCC2)C1. The van der Waals surface area contributed by atoms with Crippen molar-refractivity contribution in [2.45, 2.75) is 31.7 Å². The summed E-state index contributed by atoms with van der Waals surface area (Å²) in [5.74, 6) is 0.908. The number of halogens is 1. The minimum absolute atomic E-state index is 0.0496. The second kappa shape index (κ2) is 12.8. The Labute approximate surface area is 204 Å². The second-order valence-corrected chi connectivity index (χ2v) is 10.4. The second-order valence-electron chi connectivity index (χ2n) is 10.4. The quantitative estimate of drug-likeness (QED) is 0.603. The first-order valence-corrected chi connectivity index (χ1v) is 13.0. The molecule has 0 aliphatic carbocycles. The number of hydrogen-bond donors (Lipinski definition) is 2. The van der Waals surface area contributed by atoms with E-state index >= 15 is 0 Å². The molecule has 0 bridgehead atoms. The molecule has 190 valence electrons. The lowest BCUT2D eigenvalue weighted by Gasteiger charge is -2.41. The summed E-state index contributed by atoms with van der Waals surface area (Å²) in [5.41, 5.74) is 1.22. The Morgan fingerprint density at radius 3 is 2.65 bits per heavy atom. The van der Waals surface area contributed by atoms with Gasteiger partial charge in [0.05, 0.1) is 13.2 Å². The lowest BCUT2D eigenvalue weighted by molar-refractivity contribution is 0.0387. The molecule has 0 radical (unpaired) electrons. The molecule has 3 heterocycles. The molecule has 0 saturated carbocycles. The van der Waals surface area contributed by atoms with E-state index in [1.54, 1.807) is 12.1 Å². The van der Waals surface area contributed by atoms with Gasteiger partial charge in [0.25, 0.3) is 0 Å². The molecule has 3 aliphatic heterocycles. The number of likely N-dealkylation sites (tertiary alicyclic amines) is 2. The molecule has 3 atom stereocenters. The van der Waals surface area contributed by atoms with E-state index < -0.39 is 0 Å². The van der Waals surface area contributed by atoms with Crippen LogP contribution in [0.5, 0.6) is 0 Å². The van der Waals surface area contributed by atoms with Crippen LogP contribution in [0.3, 0.4) is 0 Å².